The van der Waals surface area contributed by atoms with Gasteiger partial charge < -0.3 is 10.2 Å². The Morgan fingerprint density at radius 3 is 2.81 bits per heavy atom. The molecule has 114 valence electrons. The summed E-state index contributed by atoms with van der Waals surface area (Å²) in [4.78, 5) is 11.1. The molecule has 0 amide bonds. The SMILES string of the molecule is C=Nc1ccc(C)nc1N(CNC(=C)CCC)C1CCC1. The first kappa shape index (κ1) is 15.5. The highest BCUT2D eigenvalue weighted by molar-refractivity contribution is 5.65. The molecular weight excluding hydrogens is 260 g/mol. The van der Waals surface area contributed by atoms with Gasteiger partial charge in [-0.3, -0.25) is 4.99 Å². The van der Waals surface area contributed by atoms with Crippen molar-refractivity contribution in [2.45, 2.75) is 52.0 Å². The lowest BCUT2D eigenvalue weighted by atomic mass is 9.91. The average Bonchev–Trinajstić information content (AvgIpc) is 2.41. The van der Waals surface area contributed by atoms with Crippen molar-refractivity contribution >= 4 is 18.2 Å². The number of anilines is 1. The van der Waals surface area contributed by atoms with E-state index >= 15 is 0 Å². The van der Waals surface area contributed by atoms with Gasteiger partial charge in [-0.05, 0) is 51.5 Å². The third kappa shape index (κ3) is 3.84. The molecule has 1 aliphatic rings. The molecule has 0 saturated heterocycles. The van der Waals surface area contributed by atoms with E-state index in [-0.39, 0.29) is 0 Å². The molecule has 1 fully saturated rings. The zero-order valence-corrected chi connectivity index (χ0v) is 13.2. The van der Waals surface area contributed by atoms with Gasteiger partial charge in [0.05, 0.1) is 6.67 Å². The van der Waals surface area contributed by atoms with Crippen LogP contribution in [-0.2, 0) is 0 Å². The maximum atomic E-state index is 4.69. The van der Waals surface area contributed by atoms with Gasteiger partial charge in [-0.1, -0.05) is 19.9 Å². The summed E-state index contributed by atoms with van der Waals surface area (Å²) in [6.07, 6.45) is 5.84. The summed E-state index contributed by atoms with van der Waals surface area (Å²) in [5, 5.41) is 3.43. The highest BCUT2D eigenvalue weighted by Crippen LogP contribution is 2.33. The minimum absolute atomic E-state index is 0.543. The number of aryl methyl sites for hydroxylation is 1. The molecule has 2 rings (SSSR count). The summed E-state index contributed by atoms with van der Waals surface area (Å²) in [6.45, 7) is 12.7. The molecular formula is C17H26N4. The molecule has 1 aromatic rings. The summed E-state index contributed by atoms with van der Waals surface area (Å²) >= 11 is 0. The third-order valence-corrected chi connectivity index (χ3v) is 4.00. The fourth-order valence-corrected chi connectivity index (χ4v) is 2.53. The van der Waals surface area contributed by atoms with E-state index in [1.165, 1.54) is 19.3 Å². The lowest BCUT2D eigenvalue weighted by molar-refractivity contribution is 0.379. The molecule has 0 aromatic carbocycles. The zero-order chi connectivity index (χ0) is 15.2. The molecule has 1 saturated carbocycles. The van der Waals surface area contributed by atoms with Crippen LogP contribution in [0.2, 0.25) is 0 Å². The lowest BCUT2D eigenvalue weighted by Crippen LogP contribution is -2.45. The molecule has 0 unspecified atom stereocenters. The first-order chi connectivity index (χ1) is 10.2. The van der Waals surface area contributed by atoms with Crippen LogP contribution in [0.5, 0.6) is 0 Å². The second kappa shape index (κ2) is 7.25. The number of nitrogens with zero attached hydrogens (tertiary/aromatic N) is 3. The van der Waals surface area contributed by atoms with Gasteiger partial charge in [-0.2, -0.15) is 0 Å². The zero-order valence-electron chi connectivity index (χ0n) is 13.2. The average molecular weight is 286 g/mol. The molecule has 1 aromatic heterocycles. The Bertz CT molecular complexity index is 506. The summed E-state index contributed by atoms with van der Waals surface area (Å²) in [5.74, 6) is 0.937. The Kier molecular flexibility index (Phi) is 5.37. The van der Waals surface area contributed by atoms with Crippen molar-refractivity contribution in [1.29, 1.82) is 0 Å². The molecule has 0 radical (unpaired) electrons. The maximum Gasteiger partial charge on any atom is 0.156 e. The van der Waals surface area contributed by atoms with Crippen LogP contribution in [0.25, 0.3) is 0 Å². The maximum absolute atomic E-state index is 4.69. The number of hydrogen-bond acceptors (Lipinski definition) is 4. The molecule has 0 spiro atoms. The van der Waals surface area contributed by atoms with Crippen LogP contribution >= 0.6 is 0 Å². The van der Waals surface area contributed by atoms with Gasteiger partial charge in [-0.15, -0.1) is 0 Å². The fraction of sp³-hybridized carbons (Fsp3) is 0.529. The van der Waals surface area contributed by atoms with Crippen molar-refractivity contribution in [2.75, 3.05) is 11.6 Å². The number of aliphatic imine (C=N–C) groups is 1. The number of rotatable bonds is 8. The Morgan fingerprint density at radius 2 is 2.24 bits per heavy atom. The molecule has 4 nitrogen and oxygen atoms in total. The minimum atomic E-state index is 0.543. The van der Waals surface area contributed by atoms with E-state index in [1.807, 2.05) is 19.1 Å². The van der Waals surface area contributed by atoms with Crippen LogP contribution in [0.4, 0.5) is 11.5 Å². The Labute approximate surface area is 128 Å². The number of hydrogen-bond donors (Lipinski definition) is 1. The van der Waals surface area contributed by atoms with E-state index in [1.54, 1.807) is 0 Å². The quantitative estimate of drug-likeness (QED) is 0.581. The summed E-state index contributed by atoms with van der Waals surface area (Å²) < 4.78 is 0. The smallest absolute Gasteiger partial charge is 0.156 e. The number of pyridine rings is 1. The van der Waals surface area contributed by atoms with Gasteiger partial charge in [0.15, 0.2) is 5.82 Å². The van der Waals surface area contributed by atoms with Gasteiger partial charge in [-0.25, -0.2) is 4.98 Å². The van der Waals surface area contributed by atoms with E-state index in [0.717, 1.165) is 42.4 Å². The number of allylic oxidation sites excluding steroid dienone is 1. The van der Waals surface area contributed by atoms with Gasteiger partial charge >= 0.3 is 0 Å². The normalized spacial score (nSPS) is 14.4. The second-order valence-electron chi connectivity index (χ2n) is 5.70. The lowest BCUT2D eigenvalue weighted by Gasteiger charge is -2.39. The molecule has 1 heterocycles. The molecule has 0 atom stereocenters. The van der Waals surface area contributed by atoms with Crippen LogP contribution in [0, 0.1) is 6.92 Å². The Balaban J connectivity index is 2.17. The van der Waals surface area contributed by atoms with Crippen molar-refractivity contribution < 1.29 is 0 Å². The van der Waals surface area contributed by atoms with Crippen LogP contribution in [0.3, 0.4) is 0 Å². The summed E-state index contributed by atoms with van der Waals surface area (Å²) in [5.41, 5.74) is 2.95. The van der Waals surface area contributed by atoms with E-state index in [0.29, 0.717) is 6.04 Å². The molecule has 4 heteroatoms. The van der Waals surface area contributed by atoms with Crippen molar-refractivity contribution in [1.82, 2.24) is 10.3 Å². The topological polar surface area (TPSA) is 40.5 Å². The largest absolute Gasteiger partial charge is 0.372 e. The summed E-state index contributed by atoms with van der Waals surface area (Å²) in [6, 6.07) is 4.52. The van der Waals surface area contributed by atoms with Crippen LogP contribution in [-0.4, -0.2) is 24.4 Å². The van der Waals surface area contributed by atoms with E-state index in [9.17, 15) is 0 Å². The van der Waals surface area contributed by atoms with Crippen molar-refractivity contribution in [3.8, 4) is 0 Å². The van der Waals surface area contributed by atoms with Gasteiger partial charge in [0.25, 0.3) is 0 Å². The molecule has 1 N–H and O–H groups in total. The predicted octanol–water partition coefficient (Wildman–Crippen LogP) is 3.94. The predicted molar refractivity (Wildman–Crippen MR) is 90.4 cm³/mol. The number of aromatic nitrogens is 1. The van der Waals surface area contributed by atoms with E-state index in [2.05, 4.69) is 35.4 Å². The van der Waals surface area contributed by atoms with Crippen molar-refractivity contribution in [3.63, 3.8) is 0 Å². The molecule has 0 bridgehead atoms. The van der Waals surface area contributed by atoms with E-state index in [4.69, 9.17) is 4.98 Å². The monoisotopic (exact) mass is 286 g/mol. The van der Waals surface area contributed by atoms with Crippen molar-refractivity contribution in [3.05, 3.63) is 30.1 Å². The first-order valence-electron chi connectivity index (χ1n) is 7.78. The van der Waals surface area contributed by atoms with Gasteiger partial charge in [0.2, 0.25) is 0 Å². The second-order valence-corrected chi connectivity index (χ2v) is 5.70. The first-order valence-corrected chi connectivity index (χ1v) is 7.78. The Morgan fingerprint density at radius 1 is 1.48 bits per heavy atom. The highest BCUT2D eigenvalue weighted by atomic mass is 15.3. The van der Waals surface area contributed by atoms with Crippen LogP contribution in [0.1, 0.15) is 44.7 Å². The van der Waals surface area contributed by atoms with E-state index < -0.39 is 0 Å². The Hall–Kier alpha value is -1.84. The molecule has 1 aliphatic carbocycles. The summed E-state index contributed by atoms with van der Waals surface area (Å²) in [7, 11) is 0. The highest BCUT2D eigenvalue weighted by Gasteiger charge is 2.27. The third-order valence-electron chi connectivity index (χ3n) is 4.00. The van der Waals surface area contributed by atoms with Gasteiger partial charge in [0.1, 0.15) is 5.69 Å². The van der Waals surface area contributed by atoms with Gasteiger partial charge in [0, 0.05) is 17.4 Å². The molecule has 0 aliphatic heterocycles. The number of nitrogens with one attached hydrogen (secondary N) is 1. The fourth-order valence-electron chi connectivity index (χ4n) is 2.53. The van der Waals surface area contributed by atoms with Crippen molar-refractivity contribution in [2.24, 2.45) is 4.99 Å². The van der Waals surface area contributed by atoms with Crippen LogP contribution < -0.4 is 10.2 Å². The molecule has 21 heavy (non-hydrogen) atoms. The minimum Gasteiger partial charge on any atom is -0.372 e. The standard InChI is InChI=1S/C17H26N4/c1-5-7-13(2)19-12-21(15-8-6-9-15)17-16(18-4)11-10-14(3)20-17/h10-11,15,19H,2,4-9,12H2,1,3H3. The van der Waals surface area contributed by atoms with Crippen LogP contribution in [0.15, 0.2) is 29.4 Å².